The van der Waals surface area contributed by atoms with Crippen LogP contribution in [0, 0.1) is 0 Å². The Morgan fingerprint density at radius 3 is 2.75 bits per heavy atom. The summed E-state index contributed by atoms with van der Waals surface area (Å²) in [6.07, 6.45) is 0.315. The highest BCUT2D eigenvalue weighted by Crippen LogP contribution is 2.35. The predicted octanol–water partition coefficient (Wildman–Crippen LogP) is 2.17. The number of phosphoric ester groups is 1. The summed E-state index contributed by atoms with van der Waals surface area (Å²) in [5.74, 6) is 0.907. The van der Waals surface area contributed by atoms with Crippen molar-refractivity contribution in [3.05, 3.63) is 46.6 Å². The summed E-state index contributed by atoms with van der Waals surface area (Å²) in [5.41, 5.74) is 1.52. The fourth-order valence-corrected chi connectivity index (χ4v) is 2.47. The monoisotopic (exact) mass is 351 g/mol. The van der Waals surface area contributed by atoms with Crippen LogP contribution in [0.5, 0.6) is 5.75 Å². The van der Waals surface area contributed by atoms with Gasteiger partial charge in [0.1, 0.15) is 17.0 Å². The number of hydrogen-bond acceptors (Lipinski definition) is 6. The third-order valence-corrected chi connectivity index (χ3v) is 3.66. The van der Waals surface area contributed by atoms with E-state index in [1.54, 1.807) is 24.3 Å². The first-order valence-electron chi connectivity index (χ1n) is 7.08. The molecule has 1 aliphatic heterocycles. The van der Waals surface area contributed by atoms with Gasteiger partial charge in [-0.3, -0.25) is 9.32 Å². The van der Waals surface area contributed by atoms with Crippen LogP contribution in [0.1, 0.15) is 6.42 Å². The zero-order valence-electron chi connectivity index (χ0n) is 12.4. The van der Waals surface area contributed by atoms with E-state index in [0.717, 1.165) is 0 Å². The Morgan fingerprint density at radius 1 is 1.12 bits per heavy atom. The van der Waals surface area contributed by atoms with Gasteiger partial charge in [-0.25, -0.2) is 9.55 Å². The van der Waals surface area contributed by atoms with Gasteiger partial charge >= 0.3 is 7.82 Å². The molecule has 1 aromatic rings. The molecule has 1 aromatic carbocycles. The molecule has 0 bridgehead atoms. The largest absolute Gasteiger partial charge is 0.493 e. The summed E-state index contributed by atoms with van der Waals surface area (Å²) >= 11 is 0. The molecule has 24 heavy (non-hydrogen) atoms. The summed E-state index contributed by atoms with van der Waals surface area (Å²) in [5, 5.41) is 0. The summed E-state index contributed by atoms with van der Waals surface area (Å²) in [6, 6.07) is 9.48. The van der Waals surface area contributed by atoms with Gasteiger partial charge in [-0.1, -0.05) is 0 Å². The second kappa shape index (κ2) is 6.70. The molecule has 8 nitrogen and oxygen atoms in total. The summed E-state index contributed by atoms with van der Waals surface area (Å²) < 4.78 is 26.0. The minimum Gasteiger partial charge on any atom is -0.493 e. The van der Waals surface area contributed by atoms with Crippen molar-refractivity contribution in [1.29, 1.82) is 0 Å². The van der Waals surface area contributed by atoms with E-state index in [-0.39, 0.29) is 18.6 Å². The number of rotatable bonds is 6. The van der Waals surface area contributed by atoms with E-state index in [2.05, 4.69) is 9.51 Å². The maximum absolute atomic E-state index is 11.4. The fraction of sp³-hybridized carbons (Fsp3) is 0.200. The molecule has 1 heterocycles. The molecule has 0 saturated carbocycles. The molecule has 0 atom stereocenters. The molecular formula is C15H14NO7P. The Hall–Kier alpha value is -2.25. The Morgan fingerprint density at radius 2 is 1.96 bits per heavy atom. The molecule has 0 fully saturated rings. The minimum absolute atomic E-state index is 0.110. The van der Waals surface area contributed by atoms with E-state index < -0.39 is 7.82 Å². The lowest BCUT2D eigenvalue weighted by atomic mass is 10.2. The van der Waals surface area contributed by atoms with Gasteiger partial charge in [0.05, 0.1) is 13.2 Å². The standard InChI is InChI=1S/C15H14NO7P/c17-10-2-4-12-14(8-10)23-15-9-11(3-5-13(15)16-12)21-6-1-7-22-24(18,19)20/h2-5,8-9H,1,6-7H2,(H2,18,19,20). The number of phosphoric acid groups is 1. The highest BCUT2D eigenvalue weighted by atomic mass is 31.2. The molecule has 1 aliphatic carbocycles. The molecule has 2 aliphatic rings. The lowest BCUT2D eigenvalue weighted by Crippen LogP contribution is -2.02. The Labute approximate surface area is 136 Å². The number of nitrogens with zero attached hydrogens (tertiary/aromatic N) is 1. The molecule has 9 heteroatoms. The van der Waals surface area contributed by atoms with Crippen molar-refractivity contribution in [1.82, 2.24) is 4.98 Å². The van der Waals surface area contributed by atoms with Crippen molar-refractivity contribution in [3.8, 4) is 17.2 Å². The molecule has 0 amide bonds. The van der Waals surface area contributed by atoms with Crippen molar-refractivity contribution in [3.63, 3.8) is 0 Å². The second-order valence-corrected chi connectivity index (χ2v) is 6.24. The minimum atomic E-state index is -4.44. The maximum Gasteiger partial charge on any atom is 0.469 e. The van der Waals surface area contributed by atoms with Crippen LogP contribution >= 0.6 is 7.82 Å². The first kappa shape index (κ1) is 16.6. The van der Waals surface area contributed by atoms with Crippen LogP contribution in [0.25, 0.3) is 22.6 Å². The first-order valence-corrected chi connectivity index (χ1v) is 8.61. The third kappa shape index (κ3) is 4.18. The highest BCUT2D eigenvalue weighted by Gasteiger charge is 2.13. The van der Waals surface area contributed by atoms with Crippen molar-refractivity contribution in [2.24, 2.45) is 0 Å². The number of hydrogen-bond donors (Lipinski definition) is 2. The molecule has 3 rings (SSSR count). The second-order valence-electron chi connectivity index (χ2n) is 5.00. The predicted molar refractivity (Wildman–Crippen MR) is 85.0 cm³/mol. The molecule has 0 radical (unpaired) electrons. The topological polar surface area (TPSA) is 119 Å². The average Bonchev–Trinajstić information content (AvgIpc) is 2.51. The van der Waals surface area contributed by atoms with E-state index in [1.165, 1.54) is 12.1 Å². The van der Waals surface area contributed by atoms with Gasteiger partial charge in [0, 0.05) is 18.6 Å². The van der Waals surface area contributed by atoms with Crippen LogP contribution in [-0.4, -0.2) is 28.0 Å². The van der Waals surface area contributed by atoms with Gasteiger partial charge in [-0.05, 0) is 24.3 Å². The van der Waals surface area contributed by atoms with Crippen LogP contribution in [0.15, 0.2) is 45.6 Å². The quantitative estimate of drug-likeness (QED) is 0.394. The van der Waals surface area contributed by atoms with Gasteiger partial charge in [0.25, 0.3) is 0 Å². The highest BCUT2D eigenvalue weighted by molar-refractivity contribution is 7.46. The fourth-order valence-electron chi connectivity index (χ4n) is 2.11. The SMILES string of the molecule is O=c1ccc2nc3ccc(OCCCOP(=O)(O)O)cc3oc-2c1. The Bertz CT molecular complexity index is 933. The first-order chi connectivity index (χ1) is 11.4. The summed E-state index contributed by atoms with van der Waals surface area (Å²) in [7, 11) is -4.44. The zero-order valence-corrected chi connectivity index (χ0v) is 13.3. The van der Waals surface area contributed by atoms with Gasteiger partial charge in [-0.15, -0.1) is 0 Å². The lowest BCUT2D eigenvalue weighted by Gasteiger charge is -2.09. The number of ether oxygens (including phenoxy) is 1. The van der Waals surface area contributed by atoms with E-state index in [0.29, 0.717) is 34.7 Å². The smallest absolute Gasteiger partial charge is 0.469 e. The van der Waals surface area contributed by atoms with Crippen LogP contribution in [0.4, 0.5) is 0 Å². The van der Waals surface area contributed by atoms with Gasteiger partial charge in [-0.2, -0.15) is 0 Å². The van der Waals surface area contributed by atoms with Crippen molar-refractivity contribution in [2.75, 3.05) is 13.2 Å². The molecular weight excluding hydrogens is 337 g/mol. The van der Waals surface area contributed by atoms with Crippen molar-refractivity contribution in [2.45, 2.75) is 6.42 Å². The molecule has 0 unspecified atom stereocenters. The number of fused-ring (bicyclic) bond motifs is 2. The molecule has 0 spiro atoms. The molecule has 0 saturated heterocycles. The summed E-state index contributed by atoms with van der Waals surface area (Å²) in [6.45, 7) is 0.109. The average molecular weight is 351 g/mol. The van der Waals surface area contributed by atoms with E-state index in [9.17, 15) is 9.36 Å². The van der Waals surface area contributed by atoms with Crippen molar-refractivity contribution >= 4 is 18.9 Å². The van der Waals surface area contributed by atoms with E-state index >= 15 is 0 Å². The normalized spacial score (nSPS) is 11.9. The van der Waals surface area contributed by atoms with Crippen LogP contribution in [0.3, 0.4) is 0 Å². The number of aromatic nitrogens is 1. The Balaban J connectivity index is 1.71. The molecule has 126 valence electrons. The Kier molecular flexibility index (Phi) is 4.64. The lowest BCUT2D eigenvalue weighted by molar-refractivity contribution is 0.180. The van der Waals surface area contributed by atoms with Crippen LogP contribution < -0.4 is 10.2 Å². The summed E-state index contributed by atoms with van der Waals surface area (Å²) in [4.78, 5) is 32.9. The molecule has 0 aromatic heterocycles. The van der Waals surface area contributed by atoms with Crippen LogP contribution in [-0.2, 0) is 9.09 Å². The third-order valence-electron chi connectivity index (χ3n) is 3.14. The zero-order chi connectivity index (χ0) is 17.2. The number of benzene rings is 2. The molecule has 2 N–H and O–H groups in total. The van der Waals surface area contributed by atoms with Gasteiger partial charge < -0.3 is 18.9 Å². The maximum atomic E-state index is 11.4. The van der Waals surface area contributed by atoms with E-state index in [4.69, 9.17) is 18.9 Å². The van der Waals surface area contributed by atoms with Gasteiger partial charge in [0.15, 0.2) is 16.8 Å². The van der Waals surface area contributed by atoms with Crippen LogP contribution in [0.2, 0.25) is 0 Å². The van der Waals surface area contributed by atoms with Gasteiger partial charge in [0.2, 0.25) is 0 Å². The van der Waals surface area contributed by atoms with Crippen molar-refractivity contribution < 1.29 is 28.0 Å². The van der Waals surface area contributed by atoms with E-state index in [1.807, 2.05) is 0 Å².